The van der Waals surface area contributed by atoms with Gasteiger partial charge in [-0.05, 0) is 46.1 Å². The molecule has 4 rings (SSSR count). The summed E-state index contributed by atoms with van der Waals surface area (Å²) in [5.41, 5.74) is -0.357. The standard InChI is InChI=1S/C26H30F4N8O4S/c1-25(2,3)42-24(41)36-21-18(35-20(43-21)14-7-9-31-17(27)12-14)19(39)34-16-13-32-37(4)22(16)38-10-5-6-15(8-11-38)33-23(40)26(28,29)30/h7,9,12-13,15H,5-6,8,10-11H2,1-4H3,(H,33,40)(H,34,39)(H,36,41)/t15-/m0/s1. The van der Waals surface area contributed by atoms with Gasteiger partial charge in [0.1, 0.15) is 21.3 Å². The molecular weight excluding hydrogens is 596 g/mol. The van der Waals surface area contributed by atoms with Gasteiger partial charge in [-0.1, -0.05) is 11.3 Å². The molecule has 0 spiro atoms. The summed E-state index contributed by atoms with van der Waals surface area (Å²) in [5, 5.41) is 11.9. The third-order valence-electron chi connectivity index (χ3n) is 6.21. The van der Waals surface area contributed by atoms with Gasteiger partial charge >= 0.3 is 18.2 Å². The molecule has 3 aromatic rings. The Labute approximate surface area is 247 Å². The summed E-state index contributed by atoms with van der Waals surface area (Å²) in [6, 6.07) is 1.98. The minimum Gasteiger partial charge on any atom is -0.444 e. The Bertz CT molecular complexity index is 1500. The first-order valence-corrected chi connectivity index (χ1v) is 14.0. The van der Waals surface area contributed by atoms with E-state index in [9.17, 15) is 31.9 Å². The molecule has 17 heteroatoms. The molecule has 1 fully saturated rings. The van der Waals surface area contributed by atoms with E-state index in [2.05, 4.69) is 25.7 Å². The number of alkyl halides is 3. The zero-order chi connectivity index (χ0) is 31.5. The molecule has 232 valence electrons. The van der Waals surface area contributed by atoms with Gasteiger partial charge in [0.25, 0.3) is 5.91 Å². The Morgan fingerprint density at radius 3 is 2.53 bits per heavy atom. The van der Waals surface area contributed by atoms with Crippen LogP contribution in [-0.4, -0.2) is 68.6 Å². The molecule has 3 N–H and O–H groups in total. The topological polar surface area (TPSA) is 143 Å². The summed E-state index contributed by atoms with van der Waals surface area (Å²) < 4.78 is 58.8. The van der Waals surface area contributed by atoms with Crippen LogP contribution in [0.2, 0.25) is 0 Å². The van der Waals surface area contributed by atoms with Gasteiger partial charge in [-0.3, -0.25) is 19.6 Å². The number of hydrogen-bond donors (Lipinski definition) is 3. The quantitative estimate of drug-likeness (QED) is 0.264. The van der Waals surface area contributed by atoms with Crippen molar-refractivity contribution >= 4 is 45.8 Å². The lowest BCUT2D eigenvalue weighted by atomic mass is 10.1. The number of rotatable bonds is 6. The highest BCUT2D eigenvalue weighted by Gasteiger charge is 2.40. The molecule has 0 aliphatic carbocycles. The largest absolute Gasteiger partial charge is 0.471 e. The third-order valence-corrected chi connectivity index (χ3v) is 7.23. The summed E-state index contributed by atoms with van der Waals surface area (Å²) in [4.78, 5) is 47.2. The van der Waals surface area contributed by atoms with Crippen LogP contribution in [0.1, 0.15) is 50.5 Å². The van der Waals surface area contributed by atoms with Gasteiger partial charge in [0.05, 0.1) is 6.20 Å². The van der Waals surface area contributed by atoms with Crippen molar-refractivity contribution in [3.8, 4) is 10.6 Å². The van der Waals surface area contributed by atoms with Gasteiger partial charge < -0.3 is 20.3 Å². The van der Waals surface area contributed by atoms with E-state index in [1.54, 1.807) is 27.8 Å². The summed E-state index contributed by atoms with van der Waals surface area (Å²) >= 11 is 0.937. The highest BCUT2D eigenvalue weighted by Crippen LogP contribution is 2.34. The number of thiazole rings is 1. The van der Waals surface area contributed by atoms with E-state index in [-0.39, 0.29) is 34.4 Å². The number of halogens is 4. The van der Waals surface area contributed by atoms with Crippen LogP contribution in [0.3, 0.4) is 0 Å². The van der Waals surface area contributed by atoms with Crippen molar-refractivity contribution in [2.75, 3.05) is 28.6 Å². The molecule has 1 atom stereocenters. The number of pyridine rings is 1. The average Bonchev–Trinajstić information content (AvgIpc) is 3.39. The number of nitrogens with zero attached hydrogens (tertiary/aromatic N) is 5. The van der Waals surface area contributed by atoms with Crippen molar-refractivity contribution in [2.24, 2.45) is 7.05 Å². The first-order valence-electron chi connectivity index (χ1n) is 13.2. The van der Waals surface area contributed by atoms with Crippen LogP contribution in [0.4, 0.5) is 38.9 Å². The van der Waals surface area contributed by atoms with Crippen LogP contribution < -0.4 is 20.9 Å². The van der Waals surface area contributed by atoms with Gasteiger partial charge in [-0.25, -0.2) is 14.8 Å². The lowest BCUT2D eigenvalue weighted by molar-refractivity contribution is -0.174. The number of hydrogen-bond acceptors (Lipinski definition) is 9. The van der Waals surface area contributed by atoms with Crippen LogP contribution >= 0.6 is 11.3 Å². The second-order valence-electron chi connectivity index (χ2n) is 10.7. The number of aromatic nitrogens is 4. The van der Waals surface area contributed by atoms with Gasteiger partial charge in [-0.2, -0.15) is 22.7 Å². The van der Waals surface area contributed by atoms with Crippen LogP contribution in [-0.2, 0) is 16.6 Å². The third kappa shape index (κ3) is 8.18. The molecule has 0 bridgehead atoms. The van der Waals surface area contributed by atoms with Crippen LogP contribution in [0.15, 0.2) is 24.5 Å². The maximum Gasteiger partial charge on any atom is 0.471 e. The van der Waals surface area contributed by atoms with Crippen molar-refractivity contribution in [1.29, 1.82) is 0 Å². The SMILES string of the molecule is Cn1ncc(NC(=O)c2nc(-c3ccnc(F)c3)sc2NC(=O)OC(C)(C)C)c1N1CCC[C@H](NC(=O)C(F)(F)F)CC1. The molecular formula is C26H30F4N8O4S. The van der Waals surface area contributed by atoms with E-state index in [1.165, 1.54) is 23.1 Å². The summed E-state index contributed by atoms with van der Waals surface area (Å²) in [5.74, 6) is -2.95. The van der Waals surface area contributed by atoms with E-state index in [1.807, 2.05) is 10.2 Å². The fourth-order valence-corrected chi connectivity index (χ4v) is 5.35. The number of nitrogens with one attached hydrogen (secondary N) is 3. The number of aryl methyl sites for hydroxylation is 1. The Kier molecular flexibility index (Phi) is 9.22. The highest BCUT2D eigenvalue weighted by molar-refractivity contribution is 7.19. The van der Waals surface area contributed by atoms with Crippen molar-refractivity contribution in [3.63, 3.8) is 0 Å². The van der Waals surface area contributed by atoms with Crippen LogP contribution in [0.5, 0.6) is 0 Å². The number of carbonyl (C=O) groups is 3. The van der Waals surface area contributed by atoms with Gasteiger partial charge in [0.2, 0.25) is 5.95 Å². The van der Waals surface area contributed by atoms with E-state index in [0.717, 1.165) is 17.4 Å². The van der Waals surface area contributed by atoms with E-state index < -0.39 is 41.7 Å². The zero-order valence-corrected chi connectivity index (χ0v) is 24.5. The van der Waals surface area contributed by atoms with E-state index in [0.29, 0.717) is 30.8 Å². The second-order valence-corrected chi connectivity index (χ2v) is 11.7. The molecule has 1 aliphatic heterocycles. The van der Waals surface area contributed by atoms with Crippen LogP contribution in [0, 0.1) is 5.95 Å². The van der Waals surface area contributed by atoms with Crippen molar-refractivity contribution in [2.45, 2.75) is 57.9 Å². The molecule has 3 aromatic heterocycles. The molecule has 3 amide bonds. The van der Waals surface area contributed by atoms with Crippen LogP contribution in [0.25, 0.3) is 10.6 Å². The summed E-state index contributed by atoms with van der Waals surface area (Å²) in [6.45, 7) is 5.75. The lowest BCUT2D eigenvalue weighted by Crippen LogP contribution is -2.43. The maximum atomic E-state index is 13.8. The van der Waals surface area contributed by atoms with E-state index in [4.69, 9.17) is 4.74 Å². The first kappa shape index (κ1) is 31.7. The van der Waals surface area contributed by atoms with Crippen molar-refractivity contribution < 1.29 is 36.7 Å². The lowest BCUT2D eigenvalue weighted by Gasteiger charge is -2.24. The number of anilines is 3. The maximum absolute atomic E-state index is 13.8. The number of amides is 3. The normalized spacial score (nSPS) is 15.9. The first-order chi connectivity index (χ1) is 20.1. The van der Waals surface area contributed by atoms with Crippen molar-refractivity contribution in [1.82, 2.24) is 25.1 Å². The predicted molar refractivity (Wildman–Crippen MR) is 150 cm³/mol. The molecule has 0 unspecified atom stereocenters. The van der Waals surface area contributed by atoms with Gasteiger partial charge in [-0.15, -0.1) is 0 Å². The molecule has 1 aliphatic rings. The molecule has 0 saturated carbocycles. The summed E-state index contributed by atoms with van der Waals surface area (Å²) in [7, 11) is 1.65. The Morgan fingerprint density at radius 1 is 1.12 bits per heavy atom. The minimum absolute atomic E-state index is 0.0578. The minimum atomic E-state index is -4.97. The monoisotopic (exact) mass is 626 g/mol. The molecule has 4 heterocycles. The molecule has 43 heavy (non-hydrogen) atoms. The Morgan fingerprint density at radius 2 is 1.86 bits per heavy atom. The smallest absolute Gasteiger partial charge is 0.444 e. The molecule has 1 saturated heterocycles. The fourth-order valence-electron chi connectivity index (χ4n) is 4.41. The zero-order valence-electron chi connectivity index (χ0n) is 23.7. The van der Waals surface area contributed by atoms with Gasteiger partial charge in [0, 0.05) is 44.0 Å². The molecule has 12 nitrogen and oxygen atoms in total. The Hall–Kier alpha value is -4.28. The van der Waals surface area contributed by atoms with Gasteiger partial charge in [0.15, 0.2) is 11.5 Å². The summed E-state index contributed by atoms with van der Waals surface area (Å²) in [6.07, 6.45) is -2.08. The molecule has 0 aromatic carbocycles. The van der Waals surface area contributed by atoms with E-state index >= 15 is 0 Å². The number of carbonyl (C=O) groups excluding carboxylic acids is 3. The second kappa shape index (κ2) is 12.5. The average molecular weight is 627 g/mol. The predicted octanol–water partition coefficient (Wildman–Crippen LogP) is 4.71. The van der Waals surface area contributed by atoms with Crippen molar-refractivity contribution in [3.05, 3.63) is 36.2 Å². The fraction of sp³-hybridized carbons (Fsp3) is 0.462. The number of ether oxygens (including phenoxy) is 1. The Balaban J connectivity index is 1.56. The molecule has 0 radical (unpaired) electrons. The highest BCUT2D eigenvalue weighted by atomic mass is 32.1.